The van der Waals surface area contributed by atoms with Gasteiger partial charge in [0.1, 0.15) is 11.9 Å². The molecule has 0 aliphatic carbocycles. The molecule has 2 amide bonds. The van der Waals surface area contributed by atoms with E-state index in [2.05, 4.69) is 20.0 Å². The van der Waals surface area contributed by atoms with Crippen LogP contribution in [-0.4, -0.2) is 33.9 Å². The molecule has 29 heavy (non-hydrogen) atoms. The van der Waals surface area contributed by atoms with Crippen LogP contribution in [-0.2, 0) is 11.2 Å². The quantitative estimate of drug-likeness (QED) is 0.487. The smallest absolute Gasteiger partial charge is 0.250 e. The number of hydrogen-bond acceptors (Lipinski definition) is 7. The Morgan fingerprint density at radius 2 is 2.00 bits per heavy atom. The molecule has 0 fully saturated rings. The van der Waals surface area contributed by atoms with E-state index in [0.717, 1.165) is 17.3 Å². The minimum atomic E-state index is -0.856. The Labute approximate surface area is 171 Å². The summed E-state index contributed by atoms with van der Waals surface area (Å²) >= 11 is 1.33. The van der Waals surface area contributed by atoms with Crippen molar-refractivity contribution in [2.24, 2.45) is 15.9 Å². The van der Waals surface area contributed by atoms with Gasteiger partial charge in [-0.05, 0) is 48.7 Å². The second-order valence-corrected chi connectivity index (χ2v) is 7.63. The lowest BCUT2D eigenvalue weighted by molar-refractivity contribution is -0.118. The summed E-state index contributed by atoms with van der Waals surface area (Å²) in [7, 11) is 0. The average Bonchev–Trinajstić information content (AvgIpc) is 3.08. The van der Waals surface area contributed by atoms with E-state index in [1.54, 1.807) is 24.5 Å². The molecule has 1 aromatic carbocycles. The van der Waals surface area contributed by atoms with Crippen LogP contribution in [0, 0.1) is 5.82 Å². The molecule has 0 saturated carbocycles. The second kappa shape index (κ2) is 8.91. The van der Waals surface area contributed by atoms with E-state index >= 15 is 0 Å². The first kappa shape index (κ1) is 20.6. The van der Waals surface area contributed by atoms with Crippen molar-refractivity contribution in [3.05, 3.63) is 53.6 Å². The van der Waals surface area contributed by atoms with E-state index in [4.69, 9.17) is 11.5 Å². The molecule has 0 bridgehead atoms. The average molecular weight is 416 g/mol. The first-order valence-electron chi connectivity index (χ1n) is 8.87. The predicted octanol–water partition coefficient (Wildman–Crippen LogP) is 2.08. The zero-order chi connectivity index (χ0) is 21.0. The molecule has 1 aliphatic heterocycles. The van der Waals surface area contributed by atoms with E-state index in [9.17, 15) is 14.0 Å². The van der Waals surface area contributed by atoms with Gasteiger partial charge in [0.25, 0.3) is 5.91 Å². The first-order valence-corrected chi connectivity index (χ1v) is 9.71. The molecule has 0 radical (unpaired) electrons. The molecule has 2 aromatic rings. The predicted molar refractivity (Wildman–Crippen MR) is 112 cm³/mol. The van der Waals surface area contributed by atoms with Gasteiger partial charge in [0, 0.05) is 30.9 Å². The van der Waals surface area contributed by atoms with E-state index in [1.807, 2.05) is 6.92 Å². The summed E-state index contributed by atoms with van der Waals surface area (Å²) < 4.78 is 18.9. The zero-order valence-corrected chi connectivity index (χ0v) is 16.5. The summed E-state index contributed by atoms with van der Waals surface area (Å²) in [6, 6.07) is 5.11. The fourth-order valence-corrected chi connectivity index (χ4v) is 3.80. The van der Waals surface area contributed by atoms with Crippen LogP contribution in [0.15, 0.2) is 41.1 Å². The summed E-state index contributed by atoms with van der Waals surface area (Å²) in [4.78, 5) is 27.6. The molecule has 0 saturated heterocycles. The Bertz CT molecular complexity index is 953. The Kier molecular flexibility index (Phi) is 6.32. The van der Waals surface area contributed by atoms with Crippen LogP contribution < -0.4 is 22.1 Å². The van der Waals surface area contributed by atoms with Crippen LogP contribution in [0.1, 0.15) is 29.3 Å². The van der Waals surface area contributed by atoms with Crippen molar-refractivity contribution in [3.63, 3.8) is 0 Å². The van der Waals surface area contributed by atoms with Crippen molar-refractivity contribution >= 4 is 40.8 Å². The summed E-state index contributed by atoms with van der Waals surface area (Å²) in [5.74, 6) is -2.11. The molecule has 8 nitrogen and oxygen atoms in total. The van der Waals surface area contributed by atoms with E-state index in [-0.39, 0.29) is 23.0 Å². The van der Waals surface area contributed by atoms with Gasteiger partial charge in [0.05, 0.1) is 22.3 Å². The maximum absolute atomic E-state index is 14.6. The van der Waals surface area contributed by atoms with Gasteiger partial charge in [-0.15, -0.1) is 0 Å². The molecule has 1 aliphatic rings. The second-order valence-electron chi connectivity index (χ2n) is 6.67. The third kappa shape index (κ3) is 5.23. The van der Waals surface area contributed by atoms with Crippen LogP contribution >= 0.6 is 11.9 Å². The van der Waals surface area contributed by atoms with Gasteiger partial charge in [-0.25, -0.2) is 8.79 Å². The number of primary amides is 2. The van der Waals surface area contributed by atoms with Crippen LogP contribution in [0.5, 0.6) is 0 Å². The minimum absolute atomic E-state index is 0.0166. The number of nitrogens with zero attached hydrogens (tertiary/aromatic N) is 2. The van der Waals surface area contributed by atoms with Crippen LogP contribution in [0.2, 0.25) is 0 Å². The maximum Gasteiger partial charge on any atom is 0.250 e. The highest BCUT2D eigenvalue weighted by Gasteiger charge is 2.23. The lowest BCUT2D eigenvalue weighted by atomic mass is 10.1. The standard InChI is InChI=1S/C19H21FN6O2S/c1-10-6-17(29-26-10)25-14-9-15(13(20)8-12(14)18(21)27)24-16(19(22)28)7-11-2-4-23-5-3-11/h2-5,8-9,16-17,24-25H,6-7H2,1H3,(H2,21,27)(H2,22,28)/t16-,17?/m1/s1. The summed E-state index contributed by atoms with van der Waals surface area (Å²) in [5.41, 5.74) is 13.1. The molecule has 152 valence electrons. The number of rotatable bonds is 8. The number of nitrogens with one attached hydrogen (secondary N) is 2. The highest BCUT2D eigenvalue weighted by atomic mass is 32.2. The number of anilines is 2. The monoisotopic (exact) mass is 416 g/mol. The van der Waals surface area contributed by atoms with Crippen molar-refractivity contribution < 1.29 is 14.0 Å². The maximum atomic E-state index is 14.6. The molecular formula is C19H21FN6O2S. The molecular weight excluding hydrogens is 395 g/mol. The summed E-state index contributed by atoms with van der Waals surface area (Å²) in [6.45, 7) is 1.90. The van der Waals surface area contributed by atoms with Crippen molar-refractivity contribution in [2.45, 2.75) is 31.2 Å². The summed E-state index contributed by atoms with van der Waals surface area (Å²) in [5, 5.41) is 5.89. The number of aromatic nitrogens is 1. The number of carbonyl (C=O) groups is 2. The highest BCUT2D eigenvalue weighted by molar-refractivity contribution is 7.99. The number of hydrogen-bond donors (Lipinski definition) is 4. The van der Waals surface area contributed by atoms with Crippen molar-refractivity contribution in [1.82, 2.24) is 4.98 Å². The minimum Gasteiger partial charge on any atom is -0.371 e. The van der Waals surface area contributed by atoms with Gasteiger partial charge in [-0.1, -0.05) is 0 Å². The molecule has 1 aromatic heterocycles. The van der Waals surface area contributed by atoms with Gasteiger partial charge < -0.3 is 22.1 Å². The first-order chi connectivity index (χ1) is 13.8. The van der Waals surface area contributed by atoms with Crippen molar-refractivity contribution in [3.8, 4) is 0 Å². The number of nitrogens with two attached hydrogens (primary N) is 2. The SMILES string of the molecule is CC1=NSC(Nc2cc(N[C@H](Cc3ccncc3)C(N)=O)c(F)cc2C(N)=O)C1. The van der Waals surface area contributed by atoms with E-state index < -0.39 is 23.7 Å². The van der Waals surface area contributed by atoms with Crippen molar-refractivity contribution in [2.75, 3.05) is 10.6 Å². The van der Waals surface area contributed by atoms with Gasteiger partial charge in [0.15, 0.2) is 0 Å². The lowest BCUT2D eigenvalue weighted by Gasteiger charge is -2.20. The Hall–Kier alpha value is -3.14. The van der Waals surface area contributed by atoms with Gasteiger partial charge in [-0.2, -0.15) is 0 Å². The lowest BCUT2D eigenvalue weighted by Crippen LogP contribution is -2.37. The topological polar surface area (TPSA) is 135 Å². The van der Waals surface area contributed by atoms with Gasteiger partial charge in [-0.3, -0.25) is 14.6 Å². The molecule has 10 heteroatoms. The third-order valence-corrected chi connectivity index (χ3v) is 5.32. The molecule has 0 spiro atoms. The number of carbonyl (C=O) groups excluding carboxylic acids is 2. The Morgan fingerprint density at radius 3 is 2.59 bits per heavy atom. The Balaban J connectivity index is 1.86. The fraction of sp³-hybridized carbons (Fsp3) is 0.263. The van der Waals surface area contributed by atoms with Gasteiger partial charge in [0.2, 0.25) is 5.91 Å². The summed E-state index contributed by atoms with van der Waals surface area (Å²) in [6.07, 6.45) is 4.13. The molecule has 6 N–H and O–H groups in total. The largest absolute Gasteiger partial charge is 0.371 e. The van der Waals surface area contributed by atoms with Crippen LogP contribution in [0.3, 0.4) is 0 Å². The number of amides is 2. The Morgan fingerprint density at radius 1 is 1.28 bits per heavy atom. The van der Waals surface area contributed by atoms with Crippen LogP contribution in [0.25, 0.3) is 0 Å². The molecule has 2 atom stereocenters. The number of pyridine rings is 1. The van der Waals surface area contributed by atoms with E-state index in [0.29, 0.717) is 12.1 Å². The number of benzene rings is 1. The zero-order valence-electron chi connectivity index (χ0n) is 15.7. The normalized spacial score (nSPS) is 16.8. The molecule has 1 unspecified atom stereocenters. The van der Waals surface area contributed by atoms with Gasteiger partial charge >= 0.3 is 0 Å². The highest BCUT2D eigenvalue weighted by Crippen LogP contribution is 2.31. The molecule has 2 heterocycles. The van der Waals surface area contributed by atoms with Crippen LogP contribution in [0.4, 0.5) is 15.8 Å². The molecule has 3 rings (SSSR count). The fourth-order valence-electron chi connectivity index (χ4n) is 2.92. The van der Waals surface area contributed by atoms with Crippen molar-refractivity contribution in [1.29, 1.82) is 0 Å². The third-order valence-electron chi connectivity index (χ3n) is 4.37. The number of halogens is 1. The van der Waals surface area contributed by atoms with E-state index in [1.165, 1.54) is 18.0 Å².